The minimum Gasteiger partial charge on any atom is -0.479 e. The van der Waals surface area contributed by atoms with E-state index in [0.29, 0.717) is 13.0 Å². The zero-order valence-electron chi connectivity index (χ0n) is 9.77. The number of carbonyl (C=O) groups is 1. The third-order valence-electron chi connectivity index (χ3n) is 2.47. The van der Waals surface area contributed by atoms with E-state index in [-0.39, 0.29) is 0 Å². The zero-order chi connectivity index (χ0) is 12.0. The van der Waals surface area contributed by atoms with Gasteiger partial charge in [-0.3, -0.25) is 0 Å². The topological polar surface area (TPSA) is 46.5 Å². The molecule has 0 aliphatic carbocycles. The Morgan fingerprint density at radius 2 is 2.12 bits per heavy atom. The maximum absolute atomic E-state index is 11.0. The molecule has 0 heterocycles. The van der Waals surface area contributed by atoms with Crippen LogP contribution in [0.5, 0.6) is 0 Å². The average Bonchev–Trinajstić information content (AvgIpc) is 2.26. The van der Waals surface area contributed by atoms with Crippen molar-refractivity contribution in [2.45, 2.75) is 32.8 Å². The van der Waals surface area contributed by atoms with Gasteiger partial charge < -0.3 is 9.84 Å². The lowest BCUT2D eigenvalue weighted by Gasteiger charge is -2.14. The normalized spacial score (nSPS) is 12.4. The van der Waals surface area contributed by atoms with Crippen LogP contribution in [0.1, 0.15) is 24.5 Å². The van der Waals surface area contributed by atoms with Crippen molar-refractivity contribution >= 4 is 5.97 Å². The van der Waals surface area contributed by atoms with Crippen LogP contribution in [0.2, 0.25) is 0 Å². The van der Waals surface area contributed by atoms with Crippen LogP contribution in [0.4, 0.5) is 0 Å². The molecule has 0 spiro atoms. The average molecular weight is 222 g/mol. The van der Waals surface area contributed by atoms with E-state index in [0.717, 1.165) is 17.5 Å². The van der Waals surface area contributed by atoms with E-state index in [1.165, 1.54) is 0 Å². The van der Waals surface area contributed by atoms with E-state index in [1.54, 1.807) is 0 Å². The summed E-state index contributed by atoms with van der Waals surface area (Å²) in [4.78, 5) is 11.0. The molecule has 0 unspecified atom stereocenters. The van der Waals surface area contributed by atoms with E-state index in [4.69, 9.17) is 9.84 Å². The van der Waals surface area contributed by atoms with Gasteiger partial charge in [0.2, 0.25) is 0 Å². The van der Waals surface area contributed by atoms with Gasteiger partial charge in [0.1, 0.15) is 0 Å². The summed E-state index contributed by atoms with van der Waals surface area (Å²) in [6.45, 7) is 4.43. The van der Waals surface area contributed by atoms with E-state index >= 15 is 0 Å². The van der Waals surface area contributed by atoms with Crippen LogP contribution in [-0.2, 0) is 16.0 Å². The first-order chi connectivity index (χ1) is 7.65. The molecule has 1 rings (SSSR count). The summed E-state index contributed by atoms with van der Waals surface area (Å²) in [6.07, 6.45) is 0.528. The maximum atomic E-state index is 11.0. The SMILES string of the molecule is CCCO[C@@H](Cc1ccccc1C)C(=O)O. The third kappa shape index (κ3) is 3.66. The molecule has 88 valence electrons. The van der Waals surface area contributed by atoms with Crippen molar-refractivity contribution in [3.8, 4) is 0 Å². The van der Waals surface area contributed by atoms with Crippen molar-refractivity contribution in [3.63, 3.8) is 0 Å². The molecule has 3 heteroatoms. The van der Waals surface area contributed by atoms with Gasteiger partial charge in [0, 0.05) is 13.0 Å². The monoisotopic (exact) mass is 222 g/mol. The number of aliphatic carboxylic acids is 1. The van der Waals surface area contributed by atoms with E-state index in [1.807, 2.05) is 38.1 Å². The number of ether oxygens (including phenoxy) is 1. The Kier molecular flexibility index (Phi) is 4.99. The van der Waals surface area contributed by atoms with Crippen molar-refractivity contribution in [2.24, 2.45) is 0 Å². The van der Waals surface area contributed by atoms with Crippen LogP contribution in [0, 0.1) is 6.92 Å². The van der Waals surface area contributed by atoms with Gasteiger partial charge in [0.05, 0.1) is 0 Å². The summed E-state index contributed by atoms with van der Waals surface area (Å²) < 4.78 is 5.31. The third-order valence-corrected chi connectivity index (χ3v) is 2.47. The Labute approximate surface area is 96.1 Å². The lowest BCUT2D eigenvalue weighted by molar-refractivity contribution is -0.150. The van der Waals surface area contributed by atoms with Gasteiger partial charge >= 0.3 is 5.97 Å². The number of carboxylic acids is 1. The van der Waals surface area contributed by atoms with Crippen LogP contribution in [0.3, 0.4) is 0 Å². The first-order valence-corrected chi connectivity index (χ1v) is 5.54. The van der Waals surface area contributed by atoms with Gasteiger partial charge in [-0.05, 0) is 24.5 Å². The van der Waals surface area contributed by atoms with Crippen molar-refractivity contribution in [3.05, 3.63) is 35.4 Å². The fourth-order valence-electron chi connectivity index (χ4n) is 1.52. The molecule has 0 aliphatic heterocycles. The highest BCUT2D eigenvalue weighted by molar-refractivity contribution is 5.72. The predicted octanol–water partition coefficient (Wildman–Crippen LogP) is 2.42. The minimum absolute atomic E-state index is 0.433. The Morgan fingerprint density at radius 1 is 1.44 bits per heavy atom. The lowest BCUT2D eigenvalue weighted by atomic mass is 10.0. The molecule has 1 aromatic carbocycles. The van der Waals surface area contributed by atoms with Gasteiger partial charge in [0.15, 0.2) is 6.10 Å². The molecule has 16 heavy (non-hydrogen) atoms. The van der Waals surface area contributed by atoms with Crippen molar-refractivity contribution < 1.29 is 14.6 Å². The molecule has 0 amide bonds. The summed E-state index contributed by atoms with van der Waals surface area (Å²) >= 11 is 0. The van der Waals surface area contributed by atoms with Gasteiger partial charge in [-0.1, -0.05) is 31.2 Å². The van der Waals surface area contributed by atoms with Crippen LogP contribution < -0.4 is 0 Å². The van der Waals surface area contributed by atoms with E-state index in [2.05, 4.69) is 0 Å². The Balaban J connectivity index is 2.68. The zero-order valence-corrected chi connectivity index (χ0v) is 9.77. The predicted molar refractivity (Wildman–Crippen MR) is 62.5 cm³/mol. The fourth-order valence-corrected chi connectivity index (χ4v) is 1.52. The highest BCUT2D eigenvalue weighted by Crippen LogP contribution is 2.11. The van der Waals surface area contributed by atoms with Crippen LogP contribution in [-0.4, -0.2) is 23.8 Å². The molecule has 1 N–H and O–H groups in total. The molecule has 0 aliphatic rings. The molecular formula is C13H18O3. The molecule has 0 radical (unpaired) electrons. The summed E-state index contributed by atoms with van der Waals surface area (Å²) in [5.74, 6) is -0.892. The van der Waals surface area contributed by atoms with Crippen LogP contribution >= 0.6 is 0 Å². The minimum atomic E-state index is -0.892. The first kappa shape index (κ1) is 12.7. The highest BCUT2D eigenvalue weighted by Gasteiger charge is 2.18. The standard InChI is InChI=1S/C13H18O3/c1-3-8-16-12(13(14)15)9-11-7-5-4-6-10(11)2/h4-7,12H,3,8-9H2,1-2H3,(H,14,15)/t12-/m0/s1. The van der Waals surface area contributed by atoms with E-state index < -0.39 is 12.1 Å². The molecule has 1 atom stereocenters. The van der Waals surface area contributed by atoms with Gasteiger partial charge in [-0.2, -0.15) is 0 Å². The Hall–Kier alpha value is -1.35. The number of hydrogen-bond donors (Lipinski definition) is 1. The molecule has 0 saturated carbocycles. The molecule has 3 nitrogen and oxygen atoms in total. The quantitative estimate of drug-likeness (QED) is 0.804. The van der Waals surface area contributed by atoms with Gasteiger partial charge in [0.25, 0.3) is 0 Å². The Bertz CT molecular complexity index is 347. The number of rotatable bonds is 6. The van der Waals surface area contributed by atoms with Crippen LogP contribution in [0.15, 0.2) is 24.3 Å². The summed E-state index contributed by atoms with van der Waals surface area (Å²) in [7, 11) is 0. The number of aryl methyl sites for hydroxylation is 1. The second-order valence-electron chi connectivity index (χ2n) is 3.83. The smallest absolute Gasteiger partial charge is 0.333 e. The summed E-state index contributed by atoms with van der Waals surface area (Å²) in [5.41, 5.74) is 2.14. The molecule has 1 aromatic rings. The largest absolute Gasteiger partial charge is 0.479 e. The molecule has 0 bridgehead atoms. The highest BCUT2D eigenvalue weighted by atomic mass is 16.5. The maximum Gasteiger partial charge on any atom is 0.333 e. The van der Waals surface area contributed by atoms with Crippen molar-refractivity contribution in [1.29, 1.82) is 0 Å². The second-order valence-corrected chi connectivity index (χ2v) is 3.83. The van der Waals surface area contributed by atoms with E-state index in [9.17, 15) is 4.79 Å². The second kappa shape index (κ2) is 6.28. The fraction of sp³-hybridized carbons (Fsp3) is 0.462. The Morgan fingerprint density at radius 3 is 2.69 bits per heavy atom. The van der Waals surface area contributed by atoms with Crippen molar-refractivity contribution in [2.75, 3.05) is 6.61 Å². The van der Waals surface area contributed by atoms with Gasteiger partial charge in [-0.25, -0.2) is 4.79 Å². The number of hydrogen-bond acceptors (Lipinski definition) is 2. The first-order valence-electron chi connectivity index (χ1n) is 5.54. The van der Waals surface area contributed by atoms with Crippen LogP contribution in [0.25, 0.3) is 0 Å². The molecular weight excluding hydrogens is 204 g/mol. The summed E-state index contributed by atoms with van der Waals surface area (Å²) in [6, 6.07) is 7.79. The van der Waals surface area contributed by atoms with Crippen molar-refractivity contribution in [1.82, 2.24) is 0 Å². The molecule has 0 saturated heterocycles. The number of benzene rings is 1. The number of carboxylic acid groups (broad SMARTS) is 1. The molecule has 0 aromatic heterocycles. The van der Waals surface area contributed by atoms with Gasteiger partial charge in [-0.15, -0.1) is 0 Å². The lowest BCUT2D eigenvalue weighted by Crippen LogP contribution is -2.27. The molecule has 0 fully saturated rings. The summed E-state index contributed by atoms with van der Waals surface area (Å²) in [5, 5.41) is 9.03.